The molecule has 1 atom stereocenters. The zero-order valence-electron chi connectivity index (χ0n) is 13.0. The van der Waals surface area contributed by atoms with E-state index >= 15 is 0 Å². The minimum Gasteiger partial charge on any atom is -0.299 e. The molecule has 1 N–H and O–H groups in total. The van der Waals surface area contributed by atoms with Gasteiger partial charge in [0.25, 0.3) is 0 Å². The summed E-state index contributed by atoms with van der Waals surface area (Å²) in [5.74, 6) is 0. The van der Waals surface area contributed by atoms with Crippen molar-refractivity contribution in [2.45, 2.75) is 29.5 Å². The lowest BCUT2D eigenvalue weighted by molar-refractivity contribution is 0.241. The van der Waals surface area contributed by atoms with Gasteiger partial charge in [0.05, 0.1) is 0 Å². The number of nitrogens with zero attached hydrogens (tertiary/aromatic N) is 1. The summed E-state index contributed by atoms with van der Waals surface area (Å²) in [6, 6.07) is 13.9. The summed E-state index contributed by atoms with van der Waals surface area (Å²) in [4.78, 5) is 2.41. The lowest BCUT2D eigenvalue weighted by atomic mass is 10.1. The predicted molar refractivity (Wildman–Crippen MR) is 94.2 cm³/mol. The highest BCUT2D eigenvalue weighted by molar-refractivity contribution is 7.91. The molecule has 124 valence electrons. The number of nitrogens with one attached hydrogen (secondary N) is 1. The summed E-state index contributed by atoms with van der Waals surface area (Å²) in [6.45, 7) is 2.56. The normalized spacial score (nSPS) is 17.4. The van der Waals surface area contributed by atoms with E-state index in [1.54, 1.807) is 17.5 Å². The summed E-state index contributed by atoms with van der Waals surface area (Å²) < 4.78 is 27.9. The van der Waals surface area contributed by atoms with Gasteiger partial charge in [0, 0.05) is 12.6 Å². The van der Waals surface area contributed by atoms with Crippen LogP contribution in [0.15, 0.2) is 52.1 Å². The highest BCUT2D eigenvalue weighted by Gasteiger charge is 2.24. The Morgan fingerprint density at radius 1 is 1.09 bits per heavy atom. The van der Waals surface area contributed by atoms with Crippen molar-refractivity contribution in [1.29, 1.82) is 0 Å². The first-order valence-electron chi connectivity index (χ1n) is 7.96. The van der Waals surface area contributed by atoms with Crippen LogP contribution in [0.3, 0.4) is 0 Å². The van der Waals surface area contributed by atoms with E-state index in [0.29, 0.717) is 10.8 Å². The van der Waals surface area contributed by atoms with Gasteiger partial charge in [0.1, 0.15) is 4.21 Å². The van der Waals surface area contributed by atoms with E-state index in [1.807, 2.05) is 18.2 Å². The third-order valence-electron chi connectivity index (χ3n) is 4.24. The van der Waals surface area contributed by atoms with Gasteiger partial charge >= 0.3 is 0 Å². The monoisotopic (exact) mass is 350 g/mol. The Morgan fingerprint density at radius 3 is 2.48 bits per heavy atom. The molecular weight excluding hydrogens is 328 g/mol. The minimum atomic E-state index is -3.39. The zero-order chi connectivity index (χ0) is 16.1. The lowest BCUT2D eigenvalue weighted by Gasteiger charge is -2.27. The first kappa shape index (κ1) is 16.6. The van der Waals surface area contributed by atoms with Gasteiger partial charge in [0.2, 0.25) is 10.0 Å². The van der Waals surface area contributed by atoms with Crippen LogP contribution in [0.2, 0.25) is 0 Å². The van der Waals surface area contributed by atoms with Crippen molar-refractivity contribution in [1.82, 2.24) is 9.62 Å². The molecule has 0 radical (unpaired) electrons. The van der Waals surface area contributed by atoms with Crippen LogP contribution in [-0.2, 0) is 16.4 Å². The van der Waals surface area contributed by atoms with Gasteiger partial charge in [-0.2, -0.15) is 0 Å². The number of thiophene rings is 1. The van der Waals surface area contributed by atoms with Crippen LogP contribution in [0.1, 0.15) is 18.4 Å². The minimum absolute atomic E-state index is 0.203. The number of benzene rings is 1. The van der Waals surface area contributed by atoms with Crippen LogP contribution >= 0.6 is 11.3 Å². The molecule has 0 bridgehead atoms. The van der Waals surface area contributed by atoms with Crippen molar-refractivity contribution in [2.75, 3.05) is 19.6 Å². The molecule has 3 rings (SSSR count). The molecule has 1 saturated heterocycles. The number of hydrogen-bond donors (Lipinski definition) is 1. The largest absolute Gasteiger partial charge is 0.299 e. The van der Waals surface area contributed by atoms with Gasteiger partial charge in [0.15, 0.2) is 0 Å². The van der Waals surface area contributed by atoms with Crippen molar-refractivity contribution in [3.05, 3.63) is 53.4 Å². The predicted octanol–water partition coefficient (Wildman–Crippen LogP) is 2.73. The Labute approximate surface area is 142 Å². The van der Waals surface area contributed by atoms with Crippen LogP contribution in [-0.4, -0.2) is 39.0 Å². The molecular formula is C17H22N2O2S2. The van der Waals surface area contributed by atoms with E-state index in [4.69, 9.17) is 0 Å². The van der Waals surface area contributed by atoms with Gasteiger partial charge in [-0.3, -0.25) is 4.90 Å². The van der Waals surface area contributed by atoms with Gasteiger partial charge in [-0.15, -0.1) is 11.3 Å². The van der Waals surface area contributed by atoms with E-state index < -0.39 is 10.0 Å². The molecule has 2 aromatic rings. The molecule has 2 heterocycles. The molecule has 1 fully saturated rings. The van der Waals surface area contributed by atoms with E-state index in [1.165, 1.54) is 29.7 Å². The molecule has 6 heteroatoms. The summed E-state index contributed by atoms with van der Waals surface area (Å²) in [5, 5.41) is 1.79. The smallest absolute Gasteiger partial charge is 0.250 e. The Morgan fingerprint density at radius 2 is 1.83 bits per heavy atom. The second-order valence-electron chi connectivity index (χ2n) is 5.87. The standard InChI is InChI=1S/C17H22N2O2S2/c20-23(21,17-9-6-12-22-17)18-14-16(19-10-4-5-11-19)13-15-7-2-1-3-8-15/h1-3,6-9,12,16,18H,4-5,10-11,13-14H2. The maximum Gasteiger partial charge on any atom is 0.250 e. The molecule has 1 aromatic heterocycles. The molecule has 1 aliphatic heterocycles. The highest BCUT2D eigenvalue weighted by Crippen LogP contribution is 2.18. The summed E-state index contributed by atoms with van der Waals surface area (Å²) in [6.07, 6.45) is 3.26. The average Bonchev–Trinajstić information content (AvgIpc) is 3.25. The fraction of sp³-hybridized carbons (Fsp3) is 0.412. The van der Waals surface area contributed by atoms with Crippen molar-refractivity contribution >= 4 is 21.4 Å². The van der Waals surface area contributed by atoms with E-state index in [-0.39, 0.29) is 6.04 Å². The average molecular weight is 351 g/mol. The van der Waals surface area contributed by atoms with Gasteiger partial charge in [-0.25, -0.2) is 13.1 Å². The Bertz CT molecular complexity index is 693. The number of rotatable bonds is 7. The molecule has 1 unspecified atom stereocenters. The van der Waals surface area contributed by atoms with E-state index in [2.05, 4.69) is 21.8 Å². The van der Waals surface area contributed by atoms with Gasteiger partial charge < -0.3 is 0 Å². The molecule has 1 aliphatic rings. The fourth-order valence-electron chi connectivity index (χ4n) is 3.02. The summed E-state index contributed by atoms with van der Waals surface area (Å²) >= 11 is 1.25. The number of sulfonamides is 1. The number of hydrogen-bond acceptors (Lipinski definition) is 4. The number of likely N-dealkylation sites (tertiary alicyclic amines) is 1. The molecule has 23 heavy (non-hydrogen) atoms. The van der Waals surface area contributed by atoms with Crippen LogP contribution in [0.25, 0.3) is 0 Å². The topological polar surface area (TPSA) is 49.4 Å². The molecule has 0 saturated carbocycles. The molecule has 0 amide bonds. The zero-order valence-corrected chi connectivity index (χ0v) is 14.7. The van der Waals surface area contributed by atoms with Crippen LogP contribution in [0, 0.1) is 0 Å². The second-order valence-corrected chi connectivity index (χ2v) is 8.81. The van der Waals surface area contributed by atoms with Crippen molar-refractivity contribution in [3.8, 4) is 0 Å². The third-order valence-corrected chi connectivity index (χ3v) is 7.06. The first-order valence-corrected chi connectivity index (χ1v) is 10.3. The first-order chi connectivity index (χ1) is 11.1. The van der Waals surface area contributed by atoms with Gasteiger partial charge in [-0.1, -0.05) is 36.4 Å². The van der Waals surface area contributed by atoms with Crippen LogP contribution < -0.4 is 4.72 Å². The Hall–Kier alpha value is -1.21. The molecule has 4 nitrogen and oxygen atoms in total. The van der Waals surface area contributed by atoms with Crippen molar-refractivity contribution in [2.24, 2.45) is 0 Å². The fourth-order valence-corrected chi connectivity index (χ4v) is 5.13. The van der Waals surface area contributed by atoms with Crippen molar-refractivity contribution in [3.63, 3.8) is 0 Å². The van der Waals surface area contributed by atoms with E-state index in [9.17, 15) is 8.42 Å². The van der Waals surface area contributed by atoms with E-state index in [0.717, 1.165) is 19.5 Å². The van der Waals surface area contributed by atoms with Gasteiger partial charge in [-0.05, 0) is 49.4 Å². The highest BCUT2D eigenvalue weighted by atomic mass is 32.2. The van der Waals surface area contributed by atoms with Crippen molar-refractivity contribution < 1.29 is 8.42 Å². The maximum absolute atomic E-state index is 12.3. The molecule has 0 aliphatic carbocycles. The molecule has 1 aromatic carbocycles. The second kappa shape index (κ2) is 7.57. The molecule has 0 spiro atoms. The quantitative estimate of drug-likeness (QED) is 0.835. The summed E-state index contributed by atoms with van der Waals surface area (Å²) in [7, 11) is -3.39. The third kappa shape index (κ3) is 4.41. The Kier molecular flexibility index (Phi) is 5.48. The summed E-state index contributed by atoms with van der Waals surface area (Å²) in [5.41, 5.74) is 1.25. The van der Waals surface area contributed by atoms with Crippen LogP contribution in [0.4, 0.5) is 0 Å². The maximum atomic E-state index is 12.3. The van der Waals surface area contributed by atoms with Crippen LogP contribution in [0.5, 0.6) is 0 Å². The lowest BCUT2D eigenvalue weighted by Crippen LogP contribution is -2.43. The SMILES string of the molecule is O=S(=O)(NCC(Cc1ccccc1)N1CCCC1)c1cccs1. The Balaban J connectivity index is 1.68.